The first-order valence-electron chi connectivity index (χ1n) is 13.0. The molecule has 7 nitrogen and oxygen atoms in total. The topological polar surface area (TPSA) is 116 Å². The zero-order valence-corrected chi connectivity index (χ0v) is 19.1. The Morgan fingerprint density at radius 1 is 0.806 bits per heavy atom. The van der Waals surface area contributed by atoms with Crippen LogP contribution in [0.2, 0.25) is 0 Å². The Balaban J connectivity index is 1.92. The van der Waals surface area contributed by atoms with Gasteiger partial charge in [0.25, 0.3) is 0 Å². The van der Waals surface area contributed by atoms with E-state index >= 15 is 0 Å². The van der Waals surface area contributed by atoms with Crippen LogP contribution >= 0.6 is 0 Å². The highest BCUT2D eigenvalue weighted by molar-refractivity contribution is 5.69. The van der Waals surface area contributed by atoms with Crippen molar-refractivity contribution >= 4 is 5.97 Å². The highest BCUT2D eigenvalue weighted by Gasteiger charge is 2.45. The number of ether oxygens (including phenoxy) is 2. The molecule has 0 aromatic rings. The Labute approximate surface area is 189 Å². The van der Waals surface area contributed by atoms with Gasteiger partial charge in [0.2, 0.25) is 0 Å². The fraction of sp³-hybridized carbons (Fsp3) is 0.958. The van der Waals surface area contributed by atoms with Gasteiger partial charge in [-0.1, -0.05) is 96.8 Å². The summed E-state index contributed by atoms with van der Waals surface area (Å²) in [6.45, 7) is 0.0158. The summed E-state index contributed by atoms with van der Waals surface area (Å²) < 4.78 is 17.2. The predicted molar refractivity (Wildman–Crippen MR) is 119 cm³/mol. The zero-order valence-electron chi connectivity index (χ0n) is 20.1. The second-order valence-electron chi connectivity index (χ2n) is 8.74. The molecule has 1 unspecified atom stereocenters. The second-order valence-corrected chi connectivity index (χ2v) is 8.74. The SMILES string of the molecule is [2H]CCCCCCCCCCCCCCCCCC(=O)O[C@H]1C(O)O[C@H](CO)[C@@H](O)[C@@H]1O. The summed E-state index contributed by atoms with van der Waals surface area (Å²) in [4.78, 5) is 12.0. The normalized spacial score (nSPS) is 26.6. The van der Waals surface area contributed by atoms with Crippen molar-refractivity contribution in [1.82, 2.24) is 0 Å². The van der Waals surface area contributed by atoms with Crippen LogP contribution in [0.4, 0.5) is 0 Å². The van der Waals surface area contributed by atoms with E-state index in [9.17, 15) is 20.1 Å². The van der Waals surface area contributed by atoms with E-state index < -0.39 is 43.3 Å². The van der Waals surface area contributed by atoms with Gasteiger partial charge in [-0.05, 0) is 6.42 Å². The van der Waals surface area contributed by atoms with E-state index in [-0.39, 0.29) is 6.42 Å². The maximum Gasteiger partial charge on any atom is 0.306 e. The number of hydrogen-bond donors (Lipinski definition) is 4. The van der Waals surface area contributed by atoms with Crippen molar-refractivity contribution in [3.63, 3.8) is 0 Å². The molecule has 1 rings (SSSR count). The van der Waals surface area contributed by atoms with Crippen LogP contribution in [0.5, 0.6) is 0 Å². The van der Waals surface area contributed by atoms with Gasteiger partial charge in [0.15, 0.2) is 12.4 Å². The summed E-state index contributed by atoms with van der Waals surface area (Å²) in [5.41, 5.74) is 0. The fourth-order valence-electron chi connectivity index (χ4n) is 3.98. The number of aliphatic hydroxyl groups excluding tert-OH is 4. The van der Waals surface area contributed by atoms with Gasteiger partial charge >= 0.3 is 5.97 Å². The summed E-state index contributed by atoms with van der Waals surface area (Å²) in [5, 5.41) is 38.7. The van der Waals surface area contributed by atoms with Crippen molar-refractivity contribution in [1.29, 1.82) is 0 Å². The van der Waals surface area contributed by atoms with E-state index in [0.29, 0.717) is 13.3 Å². The van der Waals surface area contributed by atoms with Crippen molar-refractivity contribution in [3.8, 4) is 0 Å². The maximum atomic E-state index is 12.0. The molecular formula is C24H46O7. The smallest absolute Gasteiger partial charge is 0.306 e. The van der Waals surface area contributed by atoms with Crippen LogP contribution in [0.25, 0.3) is 0 Å². The van der Waals surface area contributed by atoms with Gasteiger partial charge in [-0.3, -0.25) is 4.79 Å². The third-order valence-corrected chi connectivity index (χ3v) is 5.99. The lowest BCUT2D eigenvalue weighted by molar-refractivity contribution is -0.290. The molecule has 7 heteroatoms. The van der Waals surface area contributed by atoms with Gasteiger partial charge in [-0.2, -0.15) is 0 Å². The number of unbranched alkanes of at least 4 members (excludes halogenated alkanes) is 14. The molecule has 1 saturated heterocycles. The lowest BCUT2D eigenvalue weighted by Gasteiger charge is -2.39. The average Bonchev–Trinajstić information content (AvgIpc) is 2.78. The van der Waals surface area contributed by atoms with Gasteiger partial charge in [0.05, 0.1) is 6.61 Å². The van der Waals surface area contributed by atoms with Gasteiger partial charge in [0, 0.05) is 7.79 Å². The molecule has 0 bridgehead atoms. The molecule has 5 atom stereocenters. The highest BCUT2D eigenvalue weighted by Crippen LogP contribution is 2.23. The molecule has 0 aromatic heterocycles. The Hall–Kier alpha value is -0.730. The van der Waals surface area contributed by atoms with Crippen LogP contribution in [0.3, 0.4) is 0 Å². The largest absolute Gasteiger partial charge is 0.454 e. The van der Waals surface area contributed by atoms with E-state index in [1.807, 2.05) is 0 Å². The van der Waals surface area contributed by atoms with Crippen LogP contribution in [0, 0.1) is 0 Å². The first kappa shape index (κ1) is 26.5. The maximum absolute atomic E-state index is 12.0. The van der Waals surface area contributed by atoms with Crippen LogP contribution in [-0.2, 0) is 14.3 Å². The van der Waals surface area contributed by atoms with Crippen molar-refractivity contribution in [2.45, 2.75) is 140 Å². The summed E-state index contributed by atoms with van der Waals surface area (Å²) in [7, 11) is 0. The summed E-state index contributed by atoms with van der Waals surface area (Å²) in [6, 6.07) is 0. The molecular weight excluding hydrogens is 400 g/mol. The van der Waals surface area contributed by atoms with Crippen LogP contribution in [0.15, 0.2) is 0 Å². The number of carbonyl (C=O) groups excluding carboxylic acids is 1. The molecule has 0 aliphatic carbocycles. The minimum atomic E-state index is -1.58. The van der Waals surface area contributed by atoms with Gasteiger partial charge in [0.1, 0.15) is 18.3 Å². The quantitative estimate of drug-likeness (QED) is 0.187. The minimum Gasteiger partial charge on any atom is -0.454 e. The molecule has 0 radical (unpaired) electrons. The van der Waals surface area contributed by atoms with Gasteiger partial charge in [-0.15, -0.1) is 0 Å². The number of hydrogen-bond acceptors (Lipinski definition) is 7. The van der Waals surface area contributed by atoms with E-state index in [2.05, 4.69) is 0 Å². The van der Waals surface area contributed by atoms with Crippen molar-refractivity contribution < 1.29 is 36.1 Å². The number of esters is 1. The molecule has 0 aromatic carbocycles. The lowest BCUT2D eigenvalue weighted by atomic mass is 9.99. The number of carbonyl (C=O) groups is 1. The highest BCUT2D eigenvalue weighted by atomic mass is 16.7. The molecule has 0 amide bonds. The molecule has 1 aliphatic rings. The fourth-order valence-corrected chi connectivity index (χ4v) is 3.98. The van der Waals surface area contributed by atoms with Crippen molar-refractivity contribution in [3.05, 3.63) is 0 Å². The first-order valence-corrected chi connectivity index (χ1v) is 12.3. The van der Waals surface area contributed by atoms with Crippen LogP contribution in [-0.4, -0.2) is 63.7 Å². The van der Waals surface area contributed by atoms with E-state index in [0.717, 1.165) is 25.7 Å². The van der Waals surface area contributed by atoms with E-state index in [1.54, 1.807) is 0 Å². The molecule has 4 N–H and O–H groups in total. The minimum absolute atomic E-state index is 0.193. The molecule has 0 spiro atoms. The third kappa shape index (κ3) is 12.2. The summed E-state index contributed by atoms with van der Waals surface area (Å²) >= 11 is 0. The van der Waals surface area contributed by atoms with Gasteiger partial charge < -0.3 is 29.9 Å². The number of aliphatic hydroxyl groups is 4. The Morgan fingerprint density at radius 3 is 1.77 bits per heavy atom. The Bertz CT molecular complexity index is 466. The van der Waals surface area contributed by atoms with E-state index in [4.69, 9.17) is 16.0 Å². The lowest BCUT2D eigenvalue weighted by Crippen LogP contribution is -2.59. The third-order valence-electron chi connectivity index (χ3n) is 5.99. The van der Waals surface area contributed by atoms with Crippen LogP contribution < -0.4 is 0 Å². The molecule has 1 heterocycles. The molecule has 184 valence electrons. The molecule has 31 heavy (non-hydrogen) atoms. The molecule has 1 aliphatic heterocycles. The standard InChI is InChI=1S/C24H46O7/c1-2-3-4-5-6-7-8-9-10-11-12-13-14-15-16-17-20(26)31-23-22(28)21(27)19(18-25)30-24(23)29/h19,21-25,27-29H,2-18H2,1H3/t19-,21-,22+,23-,24?/m1/s1/i1D. The summed E-state index contributed by atoms with van der Waals surface area (Å²) in [6.07, 6.45) is 11.0. The number of rotatable bonds is 18. The van der Waals surface area contributed by atoms with Gasteiger partial charge in [-0.25, -0.2) is 0 Å². The molecule has 1 fully saturated rings. The average molecular weight is 448 g/mol. The summed E-state index contributed by atoms with van der Waals surface area (Å²) in [5.74, 6) is -0.539. The Morgan fingerprint density at radius 2 is 1.29 bits per heavy atom. The van der Waals surface area contributed by atoms with Crippen LogP contribution in [0.1, 0.15) is 111 Å². The predicted octanol–water partition coefficient (Wildman–Crippen LogP) is 3.59. The first-order chi connectivity index (χ1) is 15.5. The van der Waals surface area contributed by atoms with Crippen molar-refractivity contribution in [2.24, 2.45) is 0 Å². The molecule has 0 saturated carbocycles. The monoisotopic (exact) mass is 447 g/mol. The second kappa shape index (κ2) is 17.8. The van der Waals surface area contributed by atoms with E-state index in [1.165, 1.54) is 64.2 Å². The van der Waals surface area contributed by atoms with Crippen molar-refractivity contribution in [2.75, 3.05) is 6.61 Å². The Kier molecular flexibility index (Phi) is 15.2. The zero-order chi connectivity index (χ0) is 23.6.